The van der Waals surface area contributed by atoms with Crippen LogP contribution in [0.25, 0.3) is 0 Å². The number of para-hydroxylation sites is 1. The van der Waals surface area contributed by atoms with E-state index in [-0.39, 0.29) is 36.3 Å². The molecule has 2 aromatic carbocycles. The monoisotopic (exact) mass is 633 g/mol. The molecule has 45 heavy (non-hydrogen) atoms. The highest BCUT2D eigenvalue weighted by Gasteiger charge is 2.54. The zero-order valence-corrected chi connectivity index (χ0v) is 26.3. The number of rotatable bonds is 8. The van der Waals surface area contributed by atoms with Crippen LogP contribution in [-0.4, -0.2) is 58.1 Å². The van der Waals surface area contributed by atoms with Crippen molar-refractivity contribution < 1.29 is 29.1 Å². The lowest BCUT2D eigenvalue weighted by Crippen LogP contribution is -2.61. The van der Waals surface area contributed by atoms with E-state index in [1.807, 2.05) is 18.2 Å². The minimum Gasteiger partial charge on any atom is -0.480 e. The number of nitrogens with one attached hydrogen (secondary N) is 1. The summed E-state index contributed by atoms with van der Waals surface area (Å²) in [5.74, 6) is -1.44. The van der Waals surface area contributed by atoms with Crippen LogP contribution in [-0.2, 0) is 25.7 Å². The third-order valence-electron chi connectivity index (χ3n) is 10.5. The molecule has 4 aliphatic carbocycles. The first kappa shape index (κ1) is 31.3. The molecule has 3 amide bonds. The molecule has 0 saturated heterocycles. The number of carboxylic acids is 1. The minimum absolute atomic E-state index is 0.0129. The highest BCUT2D eigenvalue weighted by atomic mass is 35.5. The van der Waals surface area contributed by atoms with Gasteiger partial charge >= 0.3 is 5.97 Å². The number of anilines is 1. The summed E-state index contributed by atoms with van der Waals surface area (Å²) in [6, 6.07) is 11.7. The average molecular weight is 634 g/mol. The van der Waals surface area contributed by atoms with Crippen LogP contribution in [0.3, 0.4) is 0 Å². The van der Waals surface area contributed by atoms with Crippen LogP contribution >= 0.6 is 11.6 Å². The van der Waals surface area contributed by atoms with Gasteiger partial charge in [0.1, 0.15) is 18.6 Å². The molecule has 5 aliphatic rings. The Morgan fingerprint density at radius 1 is 0.956 bits per heavy atom. The van der Waals surface area contributed by atoms with Crippen LogP contribution in [0.1, 0.15) is 80.6 Å². The Balaban J connectivity index is 1.50. The predicted molar refractivity (Wildman–Crippen MR) is 169 cm³/mol. The van der Waals surface area contributed by atoms with Crippen LogP contribution in [0, 0.1) is 23.2 Å². The van der Waals surface area contributed by atoms with Crippen molar-refractivity contribution in [1.29, 1.82) is 0 Å². The van der Waals surface area contributed by atoms with E-state index >= 15 is 4.79 Å². The Hall–Kier alpha value is -3.72. The molecule has 2 atom stereocenters. The molecule has 4 fully saturated rings. The Kier molecular flexibility index (Phi) is 8.74. The summed E-state index contributed by atoms with van der Waals surface area (Å²) >= 11 is 6.59. The van der Waals surface area contributed by atoms with E-state index in [0.717, 1.165) is 19.3 Å². The lowest BCUT2D eigenvalue weighted by Gasteiger charge is -2.58. The van der Waals surface area contributed by atoms with E-state index in [0.29, 0.717) is 40.4 Å². The molecule has 4 saturated carbocycles. The Morgan fingerprint density at radius 2 is 1.58 bits per heavy atom. The van der Waals surface area contributed by atoms with Crippen molar-refractivity contribution in [3.05, 3.63) is 64.7 Å². The maximum Gasteiger partial charge on any atom is 0.322 e. The van der Waals surface area contributed by atoms with E-state index in [9.17, 15) is 24.3 Å². The first-order valence-electron chi connectivity index (χ1n) is 16.0. The first-order valence-corrected chi connectivity index (χ1v) is 16.4. The number of Topliss-reactive ketones (excluding diaryl/α,β-unsaturated/α-hetero) is 1. The lowest BCUT2D eigenvalue weighted by atomic mass is 9.48. The Labute approximate surface area is 268 Å². The second-order valence-electron chi connectivity index (χ2n) is 13.6. The molecule has 0 spiro atoms. The SMILES string of the molecule is CCC(=O)N1[C@H](CC23CC4CC(CC(C4)C2)C3)C(=O)N(Cc2ccccc2Cl)c2ccccc2C(=O)C[C@H]1C(=O)NCC(=O)O. The van der Waals surface area contributed by atoms with Crippen LogP contribution in [0.5, 0.6) is 0 Å². The lowest BCUT2D eigenvalue weighted by molar-refractivity contribution is -0.151. The molecule has 2 N–H and O–H groups in total. The number of hydrogen-bond donors (Lipinski definition) is 2. The minimum atomic E-state index is -1.35. The molecule has 238 valence electrons. The number of fused-ring (bicyclic) bond motifs is 1. The fraction of sp³-hybridized carbons (Fsp3) is 0.514. The van der Waals surface area contributed by atoms with Crippen LogP contribution in [0.2, 0.25) is 5.02 Å². The quantitative estimate of drug-likeness (QED) is 0.410. The van der Waals surface area contributed by atoms with Gasteiger partial charge in [0.15, 0.2) is 5.78 Å². The smallest absolute Gasteiger partial charge is 0.322 e. The van der Waals surface area contributed by atoms with Gasteiger partial charge in [0.05, 0.1) is 12.2 Å². The number of benzene rings is 2. The highest BCUT2D eigenvalue weighted by molar-refractivity contribution is 6.31. The zero-order chi connectivity index (χ0) is 31.9. The van der Waals surface area contributed by atoms with Crippen molar-refractivity contribution in [2.75, 3.05) is 11.4 Å². The molecule has 10 heteroatoms. The molecule has 9 nitrogen and oxygen atoms in total. The predicted octanol–water partition coefficient (Wildman–Crippen LogP) is 5.24. The van der Waals surface area contributed by atoms with Crippen molar-refractivity contribution in [1.82, 2.24) is 10.2 Å². The van der Waals surface area contributed by atoms with Crippen LogP contribution in [0.15, 0.2) is 48.5 Å². The number of nitrogens with zero attached hydrogens (tertiary/aromatic N) is 2. The number of aliphatic carboxylic acids is 1. The van der Waals surface area contributed by atoms with E-state index in [1.165, 1.54) is 24.2 Å². The number of halogens is 1. The number of hydrogen-bond acceptors (Lipinski definition) is 5. The summed E-state index contributed by atoms with van der Waals surface area (Å²) in [5, 5.41) is 12.2. The van der Waals surface area contributed by atoms with Crippen molar-refractivity contribution in [3.8, 4) is 0 Å². The van der Waals surface area contributed by atoms with Crippen LogP contribution in [0.4, 0.5) is 5.69 Å². The second-order valence-corrected chi connectivity index (χ2v) is 14.0. The molecule has 7 rings (SSSR count). The number of ketones is 1. The number of carbonyl (C=O) groups excluding carboxylic acids is 4. The Morgan fingerprint density at radius 3 is 2.20 bits per heavy atom. The molecular formula is C35H40ClN3O6. The second kappa shape index (κ2) is 12.6. The van der Waals surface area contributed by atoms with Crippen molar-refractivity contribution in [2.45, 2.75) is 83.3 Å². The molecule has 1 heterocycles. The van der Waals surface area contributed by atoms with E-state index in [2.05, 4.69) is 5.32 Å². The van der Waals surface area contributed by atoms with Gasteiger partial charge in [-0.15, -0.1) is 0 Å². The van der Waals surface area contributed by atoms with Gasteiger partial charge in [0, 0.05) is 23.4 Å². The molecule has 1 aliphatic heterocycles. The molecule has 2 aromatic rings. The van der Waals surface area contributed by atoms with Gasteiger partial charge in [-0.1, -0.05) is 48.9 Å². The first-order chi connectivity index (χ1) is 21.6. The molecule has 0 aromatic heterocycles. The summed E-state index contributed by atoms with van der Waals surface area (Å²) < 4.78 is 0. The number of amides is 3. The largest absolute Gasteiger partial charge is 0.480 e. The van der Waals surface area contributed by atoms with Gasteiger partial charge in [-0.3, -0.25) is 24.0 Å². The Bertz CT molecular complexity index is 1490. The van der Waals surface area contributed by atoms with E-state index in [1.54, 1.807) is 42.2 Å². The number of carboxylic acid groups (broad SMARTS) is 1. The molecule has 0 radical (unpaired) electrons. The van der Waals surface area contributed by atoms with Crippen molar-refractivity contribution >= 4 is 46.8 Å². The molecule has 4 bridgehead atoms. The normalized spacial score (nSPS) is 29.1. The maximum atomic E-state index is 15.2. The number of carbonyl (C=O) groups is 5. The van der Waals surface area contributed by atoms with Gasteiger partial charge in [-0.05, 0) is 91.9 Å². The standard InChI is InChI=1S/C35H40ClN3O6/c1-2-31(41)39-28(33(44)37-19-32(42)43)14-30(40)25-8-4-6-10-27(25)38(20-24-7-3-5-9-26(24)36)34(45)29(39)18-35-15-21-11-22(16-35)13-23(12-21)17-35/h3-10,21-23,28-29H,2,11-20H2,1H3,(H,37,44)(H,42,43)/t21?,22?,23?,28-,29+,35?/m0/s1. The van der Waals surface area contributed by atoms with Gasteiger partial charge in [0.2, 0.25) is 17.7 Å². The molecule has 0 unspecified atom stereocenters. The topological polar surface area (TPSA) is 124 Å². The third kappa shape index (κ3) is 6.24. The van der Waals surface area contributed by atoms with E-state index < -0.39 is 42.2 Å². The maximum absolute atomic E-state index is 15.2. The van der Waals surface area contributed by atoms with Crippen LogP contribution < -0.4 is 10.2 Å². The van der Waals surface area contributed by atoms with Gasteiger partial charge in [0.25, 0.3) is 0 Å². The molecular weight excluding hydrogens is 594 g/mol. The van der Waals surface area contributed by atoms with Crippen molar-refractivity contribution in [3.63, 3.8) is 0 Å². The summed E-state index contributed by atoms with van der Waals surface area (Å²) in [6.45, 7) is 1.08. The summed E-state index contributed by atoms with van der Waals surface area (Å²) in [4.78, 5) is 71.2. The third-order valence-corrected chi connectivity index (χ3v) is 10.9. The summed E-state index contributed by atoms with van der Waals surface area (Å²) in [6.07, 6.45) is 6.58. The van der Waals surface area contributed by atoms with E-state index in [4.69, 9.17) is 11.6 Å². The average Bonchev–Trinajstić information content (AvgIpc) is 3.03. The summed E-state index contributed by atoms with van der Waals surface area (Å²) in [7, 11) is 0. The zero-order valence-electron chi connectivity index (χ0n) is 25.5. The van der Waals surface area contributed by atoms with Gasteiger partial charge in [-0.25, -0.2) is 0 Å². The fourth-order valence-electron chi connectivity index (χ4n) is 9.09. The van der Waals surface area contributed by atoms with Crippen molar-refractivity contribution in [2.24, 2.45) is 23.2 Å². The fourth-order valence-corrected chi connectivity index (χ4v) is 9.28. The van der Waals surface area contributed by atoms with Gasteiger partial charge < -0.3 is 20.2 Å². The summed E-state index contributed by atoms with van der Waals surface area (Å²) in [5.41, 5.74) is 1.19. The van der Waals surface area contributed by atoms with Gasteiger partial charge in [-0.2, -0.15) is 0 Å². The highest BCUT2D eigenvalue weighted by Crippen LogP contribution is 2.62.